The summed E-state index contributed by atoms with van der Waals surface area (Å²) in [6.07, 6.45) is 1.42. The molecule has 1 fully saturated rings. The first-order valence-corrected chi connectivity index (χ1v) is 9.58. The highest BCUT2D eigenvalue weighted by Crippen LogP contribution is 2.23. The fourth-order valence-electron chi connectivity index (χ4n) is 3.51. The van der Waals surface area contributed by atoms with Gasteiger partial charge in [-0.15, -0.1) is 0 Å². The second kappa shape index (κ2) is 8.14. The summed E-state index contributed by atoms with van der Waals surface area (Å²) >= 11 is 0. The Morgan fingerprint density at radius 2 is 1.69 bits per heavy atom. The monoisotopic (exact) mass is 387 g/mol. The van der Waals surface area contributed by atoms with Crippen LogP contribution in [0.25, 0.3) is 10.8 Å². The van der Waals surface area contributed by atoms with Crippen LogP contribution < -0.4 is 15.5 Å². The van der Waals surface area contributed by atoms with Crippen LogP contribution in [0.1, 0.15) is 23.2 Å². The van der Waals surface area contributed by atoms with Gasteiger partial charge in [-0.25, -0.2) is 0 Å². The average molecular weight is 387 g/mol. The molecule has 1 aliphatic rings. The van der Waals surface area contributed by atoms with E-state index in [1.165, 1.54) is 0 Å². The van der Waals surface area contributed by atoms with Crippen molar-refractivity contribution in [2.24, 2.45) is 0 Å². The van der Waals surface area contributed by atoms with Crippen LogP contribution in [-0.4, -0.2) is 30.8 Å². The molecule has 0 spiro atoms. The number of amides is 3. The van der Waals surface area contributed by atoms with Crippen LogP contribution in [0, 0.1) is 0 Å². The van der Waals surface area contributed by atoms with Gasteiger partial charge in [0, 0.05) is 35.3 Å². The van der Waals surface area contributed by atoms with Crippen molar-refractivity contribution in [2.45, 2.75) is 12.8 Å². The van der Waals surface area contributed by atoms with E-state index in [1.54, 1.807) is 29.2 Å². The second-order valence-electron chi connectivity index (χ2n) is 6.95. The molecular weight excluding hydrogens is 366 g/mol. The Kier molecular flexibility index (Phi) is 5.24. The zero-order valence-corrected chi connectivity index (χ0v) is 15.9. The summed E-state index contributed by atoms with van der Waals surface area (Å²) in [5.74, 6) is -0.529. The first kappa shape index (κ1) is 18.7. The molecule has 0 radical (unpaired) electrons. The molecule has 1 aliphatic heterocycles. The molecule has 0 aliphatic carbocycles. The van der Waals surface area contributed by atoms with Gasteiger partial charge in [-0.3, -0.25) is 14.4 Å². The lowest BCUT2D eigenvalue weighted by Crippen LogP contribution is -2.33. The smallest absolute Gasteiger partial charge is 0.251 e. The van der Waals surface area contributed by atoms with Gasteiger partial charge in [-0.1, -0.05) is 36.4 Å². The zero-order valence-electron chi connectivity index (χ0n) is 15.9. The third-order valence-corrected chi connectivity index (χ3v) is 4.99. The number of anilines is 2. The number of carbonyl (C=O) groups is 3. The van der Waals surface area contributed by atoms with Crippen LogP contribution in [0.15, 0.2) is 66.7 Å². The van der Waals surface area contributed by atoms with Crippen molar-refractivity contribution in [3.05, 3.63) is 72.3 Å². The zero-order chi connectivity index (χ0) is 20.2. The summed E-state index contributed by atoms with van der Waals surface area (Å²) in [6.45, 7) is 0.577. The lowest BCUT2D eigenvalue weighted by atomic mass is 10.1. The predicted octanol–water partition coefficient (Wildman–Crippen LogP) is 3.34. The van der Waals surface area contributed by atoms with Gasteiger partial charge in [0.15, 0.2) is 0 Å². The molecule has 0 bridgehead atoms. The molecule has 6 nitrogen and oxygen atoms in total. The molecule has 0 aromatic heterocycles. The number of nitrogens with zero attached hydrogens (tertiary/aromatic N) is 1. The molecule has 1 saturated heterocycles. The van der Waals surface area contributed by atoms with Crippen molar-refractivity contribution < 1.29 is 14.4 Å². The Bertz CT molecular complexity index is 1070. The predicted molar refractivity (Wildman–Crippen MR) is 113 cm³/mol. The van der Waals surface area contributed by atoms with Crippen LogP contribution in [0.3, 0.4) is 0 Å². The molecular formula is C23H21N3O3. The SMILES string of the molecule is O=C(CNC(=O)c1ccc(N2CCCC2=O)cc1)Nc1cccc2ccccc12. The maximum Gasteiger partial charge on any atom is 0.251 e. The van der Waals surface area contributed by atoms with E-state index >= 15 is 0 Å². The standard InChI is InChI=1S/C23H21N3O3/c27-21(25-20-8-3-6-16-5-1-2-7-19(16)20)15-24-23(29)17-10-12-18(13-11-17)26-14-4-9-22(26)28/h1-3,5-8,10-13H,4,9,14-15H2,(H,24,29)(H,25,27). The van der Waals surface area contributed by atoms with E-state index in [-0.39, 0.29) is 24.3 Å². The summed E-state index contributed by atoms with van der Waals surface area (Å²) in [5.41, 5.74) is 1.94. The Labute approximate surface area is 168 Å². The van der Waals surface area contributed by atoms with E-state index in [0.29, 0.717) is 24.2 Å². The molecule has 3 aromatic rings. The van der Waals surface area contributed by atoms with Crippen molar-refractivity contribution in [1.82, 2.24) is 5.32 Å². The molecule has 0 unspecified atom stereocenters. The highest BCUT2D eigenvalue weighted by atomic mass is 16.2. The van der Waals surface area contributed by atoms with Crippen LogP contribution in [0.2, 0.25) is 0 Å². The highest BCUT2D eigenvalue weighted by Gasteiger charge is 2.21. The average Bonchev–Trinajstić information content (AvgIpc) is 3.18. The van der Waals surface area contributed by atoms with E-state index in [2.05, 4.69) is 10.6 Å². The number of benzene rings is 3. The maximum atomic E-state index is 12.3. The lowest BCUT2D eigenvalue weighted by molar-refractivity contribution is -0.117. The molecule has 0 saturated carbocycles. The third-order valence-electron chi connectivity index (χ3n) is 4.99. The van der Waals surface area contributed by atoms with E-state index in [4.69, 9.17) is 0 Å². The van der Waals surface area contributed by atoms with Gasteiger partial charge in [0.2, 0.25) is 11.8 Å². The molecule has 2 N–H and O–H groups in total. The van der Waals surface area contributed by atoms with Gasteiger partial charge < -0.3 is 15.5 Å². The van der Waals surface area contributed by atoms with Crippen LogP contribution in [-0.2, 0) is 9.59 Å². The van der Waals surface area contributed by atoms with Crippen molar-refractivity contribution >= 4 is 39.9 Å². The molecule has 3 aromatic carbocycles. The van der Waals surface area contributed by atoms with Gasteiger partial charge in [0.25, 0.3) is 5.91 Å². The van der Waals surface area contributed by atoms with E-state index in [9.17, 15) is 14.4 Å². The molecule has 4 rings (SSSR count). The Morgan fingerprint density at radius 1 is 0.931 bits per heavy atom. The molecule has 1 heterocycles. The maximum absolute atomic E-state index is 12.3. The van der Waals surface area contributed by atoms with Gasteiger partial charge in [0.1, 0.15) is 0 Å². The largest absolute Gasteiger partial charge is 0.343 e. The third kappa shape index (κ3) is 4.11. The normalized spacial score (nSPS) is 13.5. The molecule has 3 amide bonds. The summed E-state index contributed by atoms with van der Waals surface area (Å²) in [6, 6.07) is 20.3. The number of hydrogen-bond acceptors (Lipinski definition) is 3. The highest BCUT2D eigenvalue weighted by molar-refractivity contribution is 6.04. The van der Waals surface area contributed by atoms with Crippen molar-refractivity contribution in [3.63, 3.8) is 0 Å². The first-order chi connectivity index (χ1) is 14.1. The topological polar surface area (TPSA) is 78.5 Å². The van der Waals surface area contributed by atoms with E-state index in [1.807, 2.05) is 42.5 Å². The fraction of sp³-hybridized carbons (Fsp3) is 0.174. The number of nitrogens with one attached hydrogen (secondary N) is 2. The quantitative estimate of drug-likeness (QED) is 0.705. The van der Waals surface area contributed by atoms with Crippen LogP contribution in [0.4, 0.5) is 11.4 Å². The number of fused-ring (bicyclic) bond motifs is 1. The summed E-state index contributed by atoms with van der Waals surface area (Å²) in [5, 5.41) is 7.46. The second-order valence-corrected chi connectivity index (χ2v) is 6.95. The minimum Gasteiger partial charge on any atom is -0.343 e. The lowest BCUT2D eigenvalue weighted by Gasteiger charge is -2.15. The molecule has 146 valence electrons. The number of hydrogen-bond donors (Lipinski definition) is 2. The summed E-state index contributed by atoms with van der Waals surface area (Å²) in [7, 11) is 0. The Morgan fingerprint density at radius 3 is 2.45 bits per heavy atom. The van der Waals surface area contributed by atoms with Crippen LogP contribution in [0.5, 0.6) is 0 Å². The van der Waals surface area contributed by atoms with Crippen molar-refractivity contribution in [1.29, 1.82) is 0 Å². The minimum atomic E-state index is -0.336. The van der Waals surface area contributed by atoms with Gasteiger partial charge in [-0.2, -0.15) is 0 Å². The van der Waals surface area contributed by atoms with Gasteiger partial charge in [-0.05, 0) is 42.1 Å². The fourth-order valence-corrected chi connectivity index (χ4v) is 3.51. The molecule has 6 heteroatoms. The Balaban J connectivity index is 1.35. The minimum absolute atomic E-state index is 0.104. The summed E-state index contributed by atoms with van der Waals surface area (Å²) in [4.78, 5) is 38.2. The number of carbonyl (C=O) groups excluding carboxylic acids is 3. The van der Waals surface area contributed by atoms with Gasteiger partial charge >= 0.3 is 0 Å². The van der Waals surface area contributed by atoms with E-state index in [0.717, 1.165) is 22.9 Å². The van der Waals surface area contributed by atoms with Crippen molar-refractivity contribution in [2.75, 3.05) is 23.3 Å². The number of rotatable bonds is 5. The molecule has 0 atom stereocenters. The van der Waals surface area contributed by atoms with Crippen molar-refractivity contribution in [3.8, 4) is 0 Å². The van der Waals surface area contributed by atoms with Gasteiger partial charge in [0.05, 0.1) is 6.54 Å². The van der Waals surface area contributed by atoms with E-state index < -0.39 is 0 Å². The summed E-state index contributed by atoms with van der Waals surface area (Å²) < 4.78 is 0. The van der Waals surface area contributed by atoms with Crippen LogP contribution >= 0.6 is 0 Å². The first-order valence-electron chi connectivity index (χ1n) is 9.58. The molecule has 29 heavy (non-hydrogen) atoms. The Hall–Kier alpha value is -3.67.